The van der Waals surface area contributed by atoms with E-state index in [9.17, 15) is 22.8 Å². The number of anilines is 1. The molecule has 0 spiro atoms. The number of piperidine rings is 1. The summed E-state index contributed by atoms with van der Waals surface area (Å²) in [5, 5.41) is 11.6. The van der Waals surface area contributed by atoms with E-state index in [1.165, 1.54) is 4.90 Å². The highest BCUT2D eigenvalue weighted by Crippen LogP contribution is 2.23. The summed E-state index contributed by atoms with van der Waals surface area (Å²) < 4.78 is 37.2. The molecule has 22 heavy (non-hydrogen) atoms. The van der Waals surface area contributed by atoms with Gasteiger partial charge in [0, 0.05) is 6.54 Å². The van der Waals surface area contributed by atoms with Crippen molar-refractivity contribution < 1.29 is 22.8 Å². The highest BCUT2D eigenvalue weighted by molar-refractivity contribution is 6.00. The summed E-state index contributed by atoms with van der Waals surface area (Å²) in [5.74, 6) is -2.12. The first-order chi connectivity index (χ1) is 10.3. The molecule has 1 aromatic rings. The van der Waals surface area contributed by atoms with E-state index in [0.29, 0.717) is 19.4 Å². The van der Waals surface area contributed by atoms with Crippen molar-refractivity contribution in [3.8, 4) is 0 Å². The van der Waals surface area contributed by atoms with Crippen LogP contribution in [0.3, 0.4) is 0 Å². The lowest BCUT2D eigenvalue weighted by Gasteiger charge is -2.32. The number of carbonyl (C=O) groups excluding carboxylic acids is 2. The number of nitrogens with one attached hydrogen (secondary N) is 2. The SMILES string of the molecule is NC(=O)c1n[nH]nc1NC(=O)C1CCCN(CC(F)(F)F)C1. The second-order valence-corrected chi connectivity index (χ2v) is 5.06. The van der Waals surface area contributed by atoms with Gasteiger partial charge in [0.2, 0.25) is 5.91 Å². The Morgan fingerprint density at radius 2 is 2.14 bits per heavy atom. The van der Waals surface area contributed by atoms with Crippen LogP contribution in [0.1, 0.15) is 23.3 Å². The van der Waals surface area contributed by atoms with Crippen molar-refractivity contribution in [3.05, 3.63) is 5.69 Å². The summed E-state index contributed by atoms with van der Waals surface area (Å²) in [5.41, 5.74) is 4.83. The molecule has 0 saturated carbocycles. The van der Waals surface area contributed by atoms with E-state index < -0.39 is 30.5 Å². The van der Waals surface area contributed by atoms with Gasteiger partial charge in [-0.25, -0.2) is 0 Å². The number of aromatic nitrogens is 3. The number of nitrogens with zero attached hydrogens (tertiary/aromatic N) is 3. The van der Waals surface area contributed by atoms with Crippen LogP contribution in [-0.2, 0) is 4.79 Å². The van der Waals surface area contributed by atoms with Gasteiger partial charge in [-0.15, -0.1) is 10.2 Å². The molecule has 0 aromatic carbocycles. The zero-order chi connectivity index (χ0) is 16.3. The number of aromatic amines is 1. The van der Waals surface area contributed by atoms with Crippen LogP contribution >= 0.6 is 0 Å². The molecule has 1 unspecified atom stereocenters. The Hall–Kier alpha value is -2.17. The van der Waals surface area contributed by atoms with Crippen molar-refractivity contribution in [2.45, 2.75) is 19.0 Å². The number of nitrogens with two attached hydrogens (primary N) is 1. The average molecular weight is 320 g/mol. The molecule has 1 atom stereocenters. The molecule has 1 fully saturated rings. The number of carbonyl (C=O) groups is 2. The molecule has 2 rings (SSSR count). The van der Waals surface area contributed by atoms with Crippen LogP contribution in [0, 0.1) is 5.92 Å². The summed E-state index contributed by atoms with van der Waals surface area (Å²) in [7, 11) is 0. The standard InChI is InChI=1S/C11H15F3N6O2/c12-11(13,14)5-20-3-1-2-6(4-20)10(22)16-9-7(8(15)21)17-19-18-9/h6H,1-5H2,(H2,15,21)(H2,16,17,18,19,22). The zero-order valence-corrected chi connectivity index (χ0v) is 11.5. The maximum Gasteiger partial charge on any atom is 0.401 e. The Labute approximate surface area is 123 Å². The molecule has 2 heterocycles. The fourth-order valence-corrected chi connectivity index (χ4v) is 2.38. The molecule has 4 N–H and O–H groups in total. The summed E-state index contributed by atoms with van der Waals surface area (Å²) >= 11 is 0. The number of H-pyrrole nitrogens is 1. The molecule has 1 aromatic heterocycles. The van der Waals surface area contributed by atoms with Crippen molar-refractivity contribution in [1.82, 2.24) is 20.3 Å². The van der Waals surface area contributed by atoms with Crippen LogP contribution < -0.4 is 11.1 Å². The largest absolute Gasteiger partial charge is 0.401 e. The highest BCUT2D eigenvalue weighted by Gasteiger charge is 2.35. The minimum absolute atomic E-state index is 0.00486. The lowest BCUT2D eigenvalue weighted by atomic mass is 9.97. The first kappa shape index (κ1) is 16.2. The van der Waals surface area contributed by atoms with Crippen LogP contribution in [0.5, 0.6) is 0 Å². The third-order valence-corrected chi connectivity index (χ3v) is 3.30. The van der Waals surface area contributed by atoms with Gasteiger partial charge in [0.15, 0.2) is 11.5 Å². The monoisotopic (exact) mass is 320 g/mol. The van der Waals surface area contributed by atoms with Crippen molar-refractivity contribution in [2.75, 3.05) is 25.0 Å². The quantitative estimate of drug-likeness (QED) is 0.728. The van der Waals surface area contributed by atoms with Gasteiger partial charge < -0.3 is 11.1 Å². The maximum absolute atomic E-state index is 12.4. The Balaban J connectivity index is 1.97. The molecular weight excluding hydrogens is 305 g/mol. The van der Waals surface area contributed by atoms with E-state index in [1.807, 2.05) is 0 Å². The van der Waals surface area contributed by atoms with Crippen molar-refractivity contribution in [2.24, 2.45) is 11.7 Å². The van der Waals surface area contributed by atoms with Crippen LogP contribution in [0.4, 0.5) is 19.0 Å². The molecule has 122 valence electrons. The highest BCUT2D eigenvalue weighted by atomic mass is 19.4. The van der Waals surface area contributed by atoms with E-state index in [0.717, 1.165) is 0 Å². The lowest BCUT2D eigenvalue weighted by Crippen LogP contribution is -2.44. The van der Waals surface area contributed by atoms with E-state index in [-0.39, 0.29) is 18.1 Å². The number of primary amides is 1. The first-order valence-electron chi connectivity index (χ1n) is 6.57. The Morgan fingerprint density at radius 1 is 1.41 bits per heavy atom. The second-order valence-electron chi connectivity index (χ2n) is 5.06. The van der Waals surface area contributed by atoms with Gasteiger partial charge in [-0.2, -0.15) is 18.4 Å². The number of halogens is 3. The summed E-state index contributed by atoms with van der Waals surface area (Å²) in [4.78, 5) is 24.3. The van der Waals surface area contributed by atoms with E-state index in [1.54, 1.807) is 0 Å². The molecule has 11 heteroatoms. The van der Waals surface area contributed by atoms with Crippen molar-refractivity contribution in [1.29, 1.82) is 0 Å². The second kappa shape index (κ2) is 6.30. The minimum Gasteiger partial charge on any atom is -0.364 e. The predicted octanol–water partition coefficient (Wildman–Crippen LogP) is 0.116. The van der Waals surface area contributed by atoms with Crippen LogP contribution in [0.25, 0.3) is 0 Å². The predicted molar refractivity (Wildman–Crippen MR) is 68.7 cm³/mol. The van der Waals surface area contributed by atoms with Gasteiger partial charge in [-0.1, -0.05) is 0 Å². The zero-order valence-electron chi connectivity index (χ0n) is 11.5. The molecule has 0 bridgehead atoms. The maximum atomic E-state index is 12.4. The number of rotatable bonds is 4. The Bertz CT molecular complexity index is 558. The topological polar surface area (TPSA) is 117 Å². The van der Waals surface area contributed by atoms with E-state index in [4.69, 9.17) is 5.73 Å². The molecule has 0 aliphatic carbocycles. The molecule has 1 saturated heterocycles. The smallest absolute Gasteiger partial charge is 0.364 e. The van der Waals surface area contributed by atoms with Crippen LogP contribution in [0.15, 0.2) is 0 Å². The summed E-state index contributed by atoms with van der Waals surface area (Å²) in [6.45, 7) is -0.762. The van der Waals surface area contributed by atoms with Crippen LogP contribution in [-0.4, -0.2) is 57.9 Å². The van der Waals surface area contributed by atoms with Gasteiger partial charge in [-0.05, 0) is 19.4 Å². The van der Waals surface area contributed by atoms with Gasteiger partial charge in [0.1, 0.15) is 0 Å². The van der Waals surface area contributed by atoms with Gasteiger partial charge in [0.25, 0.3) is 5.91 Å². The lowest BCUT2D eigenvalue weighted by molar-refractivity contribution is -0.151. The molecular formula is C11H15F3N6O2. The molecule has 2 amide bonds. The first-order valence-corrected chi connectivity index (χ1v) is 6.57. The molecule has 8 nitrogen and oxygen atoms in total. The molecule has 0 radical (unpaired) electrons. The molecule has 1 aliphatic rings. The Kier molecular flexibility index (Phi) is 4.64. The third-order valence-electron chi connectivity index (χ3n) is 3.30. The summed E-state index contributed by atoms with van der Waals surface area (Å²) in [6, 6.07) is 0. The fraction of sp³-hybridized carbons (Fsp3) is 0.636. The van der Waals surface area contributed by atoms with E-state index >= 15 is 0 Å². The molecule has 1 aliphatic heterocycles. The number of amides is 2. The number of hydrogen-bond acceptors (Lipinski definition) is 5. The fourth-order valence-electron chi connectivity index (χ4n) is 2.38. The third kappa shape index (κ3) is 4.16. The van der Waals surface area contributed by atoms with Gasteiger partial charge >= 0.3 is 6.18 Å². The van der Waals surface area contributed by atoms with Crippen molar-refractivity contribution in [3.63, 3.8) is 0 Å². The normalized spacial score (nSPS) is 19.9. The average Bonchev–Trinajstić information content (AvgIpc) is 2.85. The van der Waals surface area contributed by atoms with E-state index in [2.05, 4.69) is 20.7 Å². The number of hydrogen-bond donors (Lipinski definition) is 3. The van der Waals surface area contributed by atoms with Crippen molar-refractivity contribution >= 4 is 17.6 Å². The van der Waals surface area contributed by atoms with Gasteiger partial charge in [-0.3, -0.25) is 14.5 Å². The van der Waals surface area contributed by atoms with Gasteiger partial charge in [0.05, 0.1) is 12.5 Å². The number of likely N-dealkylation sites (tertiary alicyclic amines) is 1. The summed E-state index contributed by atoms with van der Waals surface area (Å²) in [6.07, 6.45) is -3.36. The van der Waals surface area contributed by atoms with Crippen LogP contribution in [0.2, 0.25) is 0 Å². The minimum atomic E-state index is -4.30. The Morgan fingerprint density at radius 3 is 2.77 bits per heavy atom. The number of alkyl halides is 3.